The van der Waals surface area contributed by atoms with Crippen molar-refractivity contribution in [2.75, 3.05) is 5.32 Å². The number of anilines is 1. The second kappa shape index (κ2) is 8.68. The molecule has 0 atom stereocenters. The predicted octanol–water partition coefficient (Wildman–Crippen LogP) is 6.47. The summed E-state index contributed by atoms with van der Waals surface area (Å²) in [5.41, 5.74) is 0.984. The third kappa shape index (κ3) is 4.35. The van der Waals surface area contributed by atoms with Gasteiger partial charge in [-0.2, -0.15) is 13.2 Å². The molecule has 3 aromatic heterocycles. The van der Waals surface area contributed by atoms with Gasteiger partial charge >= 0.3 is 6.18 Å². The Hall–Kier alpha value is -4.53. The van der Waals surface area contributed by atoms with Crippen LogP contribution in [0, 0.1) is 5.82 Å². The molecule has 0 aliphatic heterocycles. The van der Waals surface area contributed by atoms with Crippen molar-refractivity contribution in [1.82, 2.24) is 14.4 Å². The number of hydrogen-bond donors (Lipinski definition) is 1. The molecule has 0 saturated carbocycles. The molecule has 0 unspecified atom stereocenters. The smallest absolute Gasteiger partial charge is 0.322 e. The lowest BCUT2D eigenvalue weighted by atomic mass is 9.98. The van der Waals surface area contributed by atoms with Gasteiger partial charge in [0.05, 0.1) is 22.8 Å². The topological polar surface area (TPSA) is 59.3 Å². The Morgan fingerprint density at radius 2 is 1.71 bits per heavy atom. The maximum Gasteiger partial charge on any atom is 0.417 e. The van der Waals surface area contributed by atoms with Crippen LogP contribution < -0.4 is 5.32 Å². The van der Waals surface area contributed by atoms with E-state index in [0.717, 1.165) is 23.8 Å². The molecule has 5 nitrogen and oxygen atoms in total. The van der Waals surface area contributed by atoms with Crippen molar-refractivity contribution >= 4 is 17.1 Å². The van der Waals surface area contributed by atoms with E-state index in [4.69, 9.17) is 0 Å². The van der Waals surface area contributed by atoms with Crippen LogP contribution >= 0.6 is 0 Å². The predicted molar refractivity (Wildman–Crippen MR) is 123 cm³/mol. The lowest BCUT2D eigenvalue weighted by Gasteiger charge is -2.15. The number of amides is 1. The van der Waals surface area contributed by atoms with Crippen molar-refractivity contribution in [1.29, 1.82) is 0 Å². The molecule has 0 aliphatic rings. The molecule has 9 heteroatoms. The van der Waals surface area contributed by atoms with Crippen LogP contribution in [0.25, 0.3) is 28.0 Å². The van der Waals surface area contributed by atoms with Gasteiger partial charge in [0.25, 0.3) is 5.91 Å². The Balaban J connectivity index is 1.60. The second-order valence-corrected chi connectivity index (χ2v) is 7.72. The van der Waals surface area contributed by atoms with Crippen LogP contribution in [0.15, 0.2) is 91.5 Å². The zero-order valence-electron chi connectivity index (χ0n) is 17.9. The minimum Gasteiger partial charge on any atom is -0.322 e. The fourth-order valence-corrected chi connectivity index (χ4v) is 3.85. The summed E-state index contributed by atoms with van der Waals surface area (Å²) in [7, 11) is 0. The summed E-state index contributed by atoms with van der Waals surface area (Å²) in [6.07, 6.45) is 1.97. The highest BCUT2D eigenvalue weighted by Crippen LogP contribution is 2.36. The number of nitrogens with zero attached hydrogens (tertiary/aromatic N) is 3. The molecule has 5 rings (SSSR count). The fourth-order valence-electron chi connectivity index (χ4n) is 3.85. The van der Waals surface area contributed by atoms with Crippen LogP contribution in [0.5, 0.6) is 0 Å². The van der Waals surface area contributed by atoms with Gasteiger partial charge in [0.2, 0.25) is 0 Å². The first-order valence-corrected chi connectivity index (χ1v) is 10.5. The van der Waals surface area contributed by atoms with Crippen molar-refractivity contribution in [3.05, 3.63) is 108 Å². The van der Waals surface area contributed by atoms with E-state index in [-0.39, 0.29) is 5.69 Å². The van der Waals surface area contributed by atoms with Crippen LogP contribution in [0.3, 0.4) is 0 Å². The number of aromatic nitrogens is 3. The van der Waals surface area contributed by atoms with Crippen molar-refractivity contribution in [3.8, 4) is 22.5 Å². The summed E-state index contributed by atoms with van der Waals surface area (Å²) in [4.78, 5) is 21.4. The minimum absolute atomic E-state index is 0.175. The summed E-state index contributed by atoms with van der Waals surface area (Å²) in [5.74, 6) is -0.862. The number of halogens is 4. The molecule has 174 valence electrons. The Morgan fingerprint density at radius 3 is 2.43 bits per heavy atom. The van der Waals surface area contributed by atoms with Crippen molar-refractivity contribution in [2.24, 2.45) is 0 Å². The molecular weight excluding hydrogens is 460 g/mol. The van der Waals surface area contributed by atoms with E-state index in [2.05, 4.69) is 15.3 Å². The average molecular weight is 476 g/mol. The molecule has 1 N–H and O–H groups in total. The summed E-state index contributed by atoms with van der Waals surface area (Å²) in [6.45, 7) is 0. The standard InChI is InChI=1S/C26H16F4N4O/c27-18-6-8-19(9-7-18)33-25(35)21-13-16(5-10-22(21)26(28,29)30)20-4-2-12-34-23(20)15-32-24(34)17-3-1-11-31-14-17/h1-15H,(H,33,35). The number of fused-ring (bicyclic) bond motifs is 1. The Bertz CT molecular complexity index is 1530. The molecule has 0 spiro atoms. The highest BCUT2D eigenvalue weighted by molar-refractivity contribution is 6.06. The third-order valence-corrected chi connectivity index (χ3v) is 5.47. The van der Waals surface area contributed by atoms with E-state index in [1.165, 1.54) is 24.3 Å². The average Bonchev–Trinajstić information content (AvgIpc) is 3.29. The summed E-state index contributed by atoms with van der Waals surface area (Å²) >= 11 is 0. The van der Waals surface area contributed by atoms with Gasteiger partial charge in [-0.05, 0) is 60.2 Å². The van der Waals surface area contributed by atoms with E-state index in [1.54, 1.807) is 43.0 Å². The Labute approximate surface area is 196 Å². The number of rotatable bonds is 4. The van der Waals surface area contributed by atoms with Crippen molar-refractivity contribution in [2.45, 2.75) is 6.18 Å². The van der Waals surface area contributed by atoms with Gasteiger partial charge in [-0.1, -0.05) is 12.1 Å². The molecule has 0 radical (unpaired) electrons. The zero-order chi connectivity index (χ0) is 24.6. The van der Waals surface area contributed by atoms with E-state index in [1.807, 2.05) is 10.5 Å². The molecule has 5 aromatic rings. The molecule has 35 heavy (non-hydrogen) atoms. The highest BCUT2D eigenvalue weighted by Gasteiger charge is 2.35. The first-order valence-electron chi connectivity index (χ1n) is 10.5. The van der Waals surface area contributed by atoms with Gasteiger partial charge in [-0.15, -0.1) is 0 Å². The van der Waals surface area contributed by atoms with Gasteiger partial charge < -0.3 is 5.32 Å². The number of pyridine rings is 2. The maximum absolute atomic E-state index is 13.7. The minimum atomic E-state index is -4.75. The molecule has 0 fully saturated rings. The van der Waals surface area contributed by atoms with E-state index < -0.39 is 29.0 Å². The van der Waals surface area contributed by atoms with Gasteiger partial charge in [0.1, 0.15) is 11.6 Å². The number of hydrogen-bond acceptors (Lipinski definition) is 3. The van der Waals surface area contributed by atoms with Crippen LogP contribution in [-0.2, 0) is 6.18 Å². The van der Waals surface area contributed by atoms with Gasteiger partial charge in [0.15, 0.2) is 0 Å². The van der Waals surface area contributed by atoms with Gasteiger partial charge in [-0.25, -0.2) is 9.37 Å². The maximum atomic E-state index is 13.7. The molecule has 1 amide bonds. The second-order valence-electron chi connectivity index (χ2n) is 7.72. The van der Waals surface area contributed by atoms with Crippen LogP contribution in [0.4, 0.5) is 23.2 Å². The zero-order valence-corrected chi connectivity index (χ0v) is 17.9. The quantitative estimate of drug-likeness (QED) is 0.302. The molecule has 2 aromatic carbocycles. The Morgan fingerprint density at radius 1 is 0.914 bits per heavy atom. The van der Waals surface area contributed by atoms with Crippen LogP contribution in [0.2, 0.25) is 0 Å². The monoisotopic (exact) mass is 476 g/mol. The van der Waals surface area contributed by atoms with E-state index >= 15 is 0 Å². The largest absolute Gasteiger partial charge is 0.417 e. The van der Waals surface area contributed by atoms with Gasteiger partial charge in [0, 0.05) is 35.4 Å². The summed E-state index contributed by atoms with van der Waals surface area (Å²) in [6, 6.07) is 15.3. The number of benzene rings is 2. The van der Waals surface area contributed by atoms with E-state index in [0.29, 0.717) is 22.5 Å². The normalized spacial score (nSPS) is 11.5. The van der Waals surface area contributed by atoms with Crippen LogP contribution in [-0.4, -0.2) is 20.3 Å². The lowest BCUT2D eigenvalue weighted by Crippen LogP contribution is -2.19. The third-order valence-electron chi connectivity index (χ3n) is 5.47. The molecular formula is C26H16F4N4O. The lowest BCUT2D eigenvalue weighted by molar-refractivity contribution is -0.137. The van der Waals surface area contributed by atoms with Gasteiger partial charge in [-0.3, -0.25) is 14.2 Å². The Kier molecular flexibility index (Phi) is 5.52. The number of carbonyl (C=O) groups excluding carboxylic acids is 1. The van der Waals surface area contributed by atoms with Crippen LogP contribution in [0.1, 0.15) is 15.9 Å². The number of nitrogens with one attached hydrogen (secondary N) is 1. The number of alkyl halides is 3. The highest BCUT2D eigenvalue weighted by atomic mass is 19.4. The summed E-state index contributed by atoms with van der Waals surface area (Å²) in [5, 5.41) is 2.41. The SMILES string of the molecule is O=C(Nc1ccc(F)cc1)c1cc(-c2cccn3c(-c4cccnc4)ncc23)ccc1C(F)(F)F. The first-order chi connectivity index (χ1) is 16.8. The van der Waals surface area contributed by atoms with Crippen molar-refractivity contribution in [3.63, 3.8) is 0 Å². The summed E-state index contributed by atoms with van der Waals surface area (Å²) < 4.78 is 56.2. The number of carbonyl (C=O) groups is 1. The molecule has 0 aliphatic carbocycles. The van der Waals surface area contributed by atoms with E-state index in [9.17, 15) is 22.4 Å². The first kappa shape index (κ1) is 22.3. The molecule has 0 bridgehead atoms. The molecule has 3 heterocycles. The van der Waals surface area contributed by atoms with Crippen molar-refractivity contribution < 1.29 is 22.4 Å². The molecule has 0 saturated heterocycles. The number of imidazole rings is 1. The fraction of sp³-hybridized carbons (Fsp3) is 0.0385.